The third-order valence-electron chi connectivity index (χ3n) is 1.80. The molecule has 0 unspecified atom stereocenters. The van der Waals surface area contributed by atoms with Crippen molar-refractivity contribution in [1.82, 2.24) is 5.32 Å². The van der Waals surface area contributed by atoms with Crippen LogP contribution in [0.4, 0.5) is 5.69 Å². The van der Waals surface area contributed by atoms with E-state index in [1.807, 2.05) is 18.2 Å². The minimum absolute atomic E-state index is 0.672. The molecule has 1 radical (unpaired) electrons. The van der Waals surface area contributed by atoms with Crippen molar-refractivity contribution in [3.8, 4) is 5.75 Å². The number of hydrogen-bond donors (Lipinski definition) is 2. The maximum Gasteiger partial charge on any atom is 0.141 e. The predicted octanol–water partition coefficient (Wildman–Crippen LogP) is 1.20. The van der Waals surface area contributed by atoms with E-state index in [0.717, 1.165) is 17.9 Å². The summed E-state index contributed by atoms with van der Waals surface area (Å²) in [6, 6.07) is 5.76. The molecule has 0 atom stereocenters. The largest absolute Gasteiger partial charge is 0.495 e. The molecule has 3 heteroatoms. The molecule has 0 aliphatic carbocycles. The van der Waals surface area contributed by atoms with Gasteiger partial charge in [0.25, 0.3) is 0 Å². The highest BCUT2D eigenvalue weighted by atomic mass is 16.5. The molecule has 1 aromatic rings. The summed E-state index contributed by atoms with van der Waals surface area (Å²) >= 11 is 0. The van der Waals surface area contributed by atoms with Crippen LogP contribution in [-0.2, 0) is 6.54 Å². The second-order valence-electron chi connectivity index (χ2n) is 2.75. The lowest BCUT2D eigenvalue weighted by atomic mass is 10.2. The van der Waals surface area contributed by atoms with Crippen LogP contribution in [0.15, 0.2) is 18.2 Å². The van der Waals surface area contributed by atoms with E-state index in [0.29, 0.717) is 12.2 Å². The van der Waals surface area contributed by atoms with Gasteiger partial charge in [-0.3, -0.25) is 0 Å². The number of methoxy groups -OCH3 is 1. The van der Waals surface area contributed by atoms with Crippen LogP contribution in [0.1, 0.15) is 5.56 Å². The van der Waals surface area contributed by atoms with Crippen LogP contribution < -0.4 is 15.8 Å². The van der Waals surface area contributed by atoms with Crippen LogP contribution in [0.3, 0.4) is 0 Å². The second kappa shape index (κ2) is 4.72. The van der Waals surface area contributed by atoms with Gasteiger partial charge in [-0.05, 0) is 31.2 Å². The Labute approximate surface area is 78.9 Å². The molecule has 0 aliphatic rings. The highest BCUT2D eigenvalue weighted by molar-refractivity contribution is 5.54. The first-order valence-electron chi connectivity index (χ1n) is 4.20. The number of nitrogens with one attached hydrogen (secondary N) is 1. The van der Waals surface area contributed by atoms with Gasteiger partial charge in [0.05, 0.1) is 12.8 Å². The number of nitrogens with two attached hydrogens (primary N) is 1. The average molecular weight is 179 g/mol. The van der Waals surface area contributed by atoms with Gasteiger partial charge in [0, 0.05) is 6.54 Å². The molecular weight excluding hydrogens is 164 g/mol. The Morgan fingerprint density at radius 1 is 1.54 bits per heavy atom. The highest BCUT2D eigenvalue weighted by Crippen LogP contribution is 2.21. The SMILES string of the molecule is [CH2]CNCc1ccc(OC)c(N)c1. The molecule has 0 saturated carbocycles. The van der Waals surface area contributed by atoms with Gasteiger partial charge in [0.15, 0.2) is 0 Å². The van der Waals surface area contributed by atoms with E-state index in [4.69, 9.17) is 10.5 Å². The van der Waals surface area contributed by atoms with Gasteiger partial charge in [-0.25, -0.2) is 0 Å². The monoisotopic (exact) mass is 179 g/mol. The van der Waals surface area contributed by atoms with Crippen molar-refractivity contribution >= 4 is 5.69 Å². The van der Waals surface area contributed by atoms with Crippen molar-refractivity contribution in [1.29, 1.82) is 0 Å². The van der Waals surface area contributed by atoms with Crippen LogP contribution in [0, 0.1) is 6.92 Å². The smallest absolute Gasteiger partial charge is 0.141 e. The average Bonchev–Trinajstić information content (AvgIpc) is 2.15. The Morgan fingerprint density at radius 3 is 2.85 bits per heavy atom. The maximum absolute atomic E-state index is 5.74. The summed E-state index contributed by atoms with van der Waals surface area (Å²) in [4.78, 5) is 0. The number of hydrogen-bond acceptors (Lipinski definition) is 3. The van der Waals surface area contributed by atoms with Crippen molar-refractivity contribution in [3.63, 3.8) is 0 Å². The van der Waals surface area contributed by atoms with Crippen LogP contribution in [0.25, 0.3) is 0 Å². The molecule has 3 nitrogen and oxygen atoms in total. The molecule has 1 rings (SSSR count). The van der Waals surface area contributed by atoms with Gasteiger partial charge in [-0.1, -0.05) is 6.07 Å². The van der Waals surface area contributed by atoms with Gasteiger partial charge in [-0.15, -0.1) is 0 Å². The molecule has 0 aliphatic heterocycles. The summed E-state index contributed by atoms with van der Waals surface area (Å²) in [5.41, 5.74) is 7.55. The van der Waals surface area contributed by atoms with Gasteiger partial charge >= 0.3 is 0 Å². The molecule has 0 heterocycles. The van der Waals surface area contributed by atoms with Crippen LogP contribution >= 0.6 is 0 Å². The Kier molecular flexibility index (Phi) is 3.58. The van der Waals surface area contributed by atoms with E-state index in [1.165, 1.54) is 0 Å². The summed E-state index contributed by atoms with van der Waals surface area (Å²) in [6.45, 7) is 5.19. The van der Waals surface area contributed by atoms with E-state index >= 15 is 0 Å². The topological polar surface area (TPSA) is 47.3 Å². The molecule has 1 aromatic carbocycles. The van der Waals surface area contributed by atoms with Gasteiger partial charge in [0.1, 0.15) is 5.75 Å². The van der Waals surface area contributed by atoms with E-state index in [-0.39, 0.29) is 0 Å². The lowest BCUT2D eigenvalue weighted by Crippen LogP contribution is -2.12. The highest BCUT2D eigenvalue weighted by Gasteiger charge is 1.99. The first-order valence-corrected chi connectivity index (χ1v) is 4.20. The zero-order valence-electron chi connectivity index (χ0n) is 7.84. The Balaban J connectivity index is 2.71. The van der Waals surface area contributed by atoms with E-state index in [2.05, 4.69) is 12.2 Å². The molecule has 3 N–H and O–H groups in total. The zero-order chi connectivity index (χ0) is 9.68. The standard InChI is InChI=1S/C10H15N2O/c1-3-12-7-8-4-5-10(13-2)9(11)6-8/h4-6,12H,1,3,7,11H2,2H3. The van der Waals surface area contributed by atoms with Crippen LogP contribution in [-0.4, -0.2) is 13.7 Å². The molecule has 13 heavy (non-hydrogen) atoms. The predicted molar refractivity (Wildman–Crippen MR) is 54.5 cm³/mol. The van der Waals surface area contributed by atoms with Crippen molar-refractivity contribution in [2.45, 2.75) is 6.54 Å². The molecule has 71 valence electrons. The molecule has 0 aromatic heterocycles. The number of nitrogen functional groups attached to an aromatic ring is 1. The Hall–Kier alpha value is -1.22. The van der Waals surface area contributed by atoms with Crippen LogP contribution in [0.2, 0.25) is 0 Å². The fourth-order valence-corrected chi connectivity index (χ4v) is 1.13. The zero-order valence-corrected chi connectivity index (χ0v) is 7.84. The van der Waals surface area contributed by atoms with Crippen molar-refractivity contribution in [2.24, 2.45) is 0 Å². The van der Waals surface area contributed by atoms with E-state index in [9.17, 15) is 0 Å². The molecule has 0 amide bonds. The quantitative estimate of drug-likeness (QED) is 0.683. The number of rotatable bonds is 4. The summed E-state index contributed by atoms with van der Waals surface area (Å²) < 4.78 is 5.05. The lowest BCUT2D eigenvalue weighted by molar-refractivity contribution is 0.417. The van der Waals surface area contributed by atoms with E-state index in [1.54, 1.807) is 7.11 Å². The number of ether oxygens (including phenoxy) is 1. The molecule has 0 spiro atoms. The Morgan fingerprint density at radius 2 is 2.31 bits per heavy atom. The minimum Gasteiger partial charge on any atom is -0.495 e. The summed E-state index contributed by atoms with van der Waals surface area (Å²) in [6.07, 6.45) is 0. The van der Waals surface area contributed by atoms with Crippen molar-refractivity contribution in [3.05, 3.63) is 30.7 Å². The van der Waals surface area contributed by atoms with Crippen molar-refractivity contribution < 1.29 is 4.74 Å². The third kappa shape index (κ3) is 2.63. The van der Waals surface area contributed by atoms with Gasteiger partial charge in [-0.2, -0.15) is 0 Å². The molecule has 0 bridgehead atoms. The van der Waals surface area contributed by atoms with E-state index < -0.39 is 0 Å². The van der Waals surface area contributed by atoms with Gasteiger partial charge in [0.2, 0.25) is 0 Å². The van der Waals surface area contributed by atoms with Gasteiger partial charge < -0.3 is 15.8 Å². The maximum atomic E-state index is 5.74. The first kappa shape index (κ1) is 9.86. The summed E-state index contributed by atoms with van der Waals surface area (Å²) in [5.74, 6) is 0.721. The summed E-state index contributed by atoms with van der Waals surface area (Å²) in [5, 5.41) is 3.12. The lowest BCUT2D eigenvalue weighted by Gasteiger charge is -2.07. The number of benzene rings is 1. The van der Waals surface area contributed by atoms with Crippen molar-refractivity contribution in [2.75, 3.05) is 19.4 Å². The Bertz CT molecular complexity index is 274. The fourth-order valence-electron chi connectivity index (χ4n) is 1.13. The fraction of sp³-hybridized carbons (Fsp3) is 0.300. The minimum atomic E-state index is 0.672. The van der Waals surface area contributed by atoms with Crippen LogP contribution in [0.5, 0.6) is 5.75 Å². The summed E-state index contributed by atoms with van der Waals surface area (Å²) in [7, 11) is 1.61. The molecular formula is C10H15N2O. The third-order valence-corrected chi connectivity index (χ3v) is 1.80. The molecule has 0 saturated heterocycles. The first-order chi connectivity index (χ1) is 6.27. The normalized spacial score (nSPS) is 10.0. The second-order valence-corrected chi connectivity index (χ2v) is 2.75. The number of anilines is 1. The molecule has 0 fully saturated rings.